The zero-order valence-corrected chi connectivity index (χ0v) is 29.0. The van der Waals surface area contributed by atoms with Crippen molar-refractivity contribution in [3.8, 4) is 17.1 Å². The molecule has 1 N–H and O–H groups in total. The quantitative estimate of drug-likeness (QED) is 0.245. The van der Waals surface area contributed by atoms with Crippen LogP contribution in [0.2, 0.25) is 0 Å². The van der Waals surface area contributed by atoms with Crippen LogP contribution in [0.3, 0.4) is 0 Å². The van der Waals surface area contributed by atoms with E-state index in [1.165, 1.54) is 12.1 Å². The molecule has 0 unspecified atom stereocenters. The van der Waals surface area contributed by atoms with Crippen molar-refractivity contribution >= 4 is 27.7 Å². The van der Waals surface area contributed by atoms with Crippen molar-refractivity contribution in [2.24, 2.45) is 5.92 Å². The number of sulfonamides is 1. The summed E-state index contributed by atoms with van der Waals surface area (Å²) < 4.78 is 36.3. The van der Waals surface area contributed by atoms with Gasteiger partial charge in [0.25, 0.3) is 15.9 Å². The first-order valence-corrected chi connectivity index (χ1v) is 18.1. The van der Waals surface area contributed by atoms with E-state index in [1.54, 1.807) is 35.5 Å². The van der Waals surface area contributed by atoms with Crippen molar-refractivity contribution in [1.29, 1.82) is 0 Å². The molecule has 48 heavy (non-hydrogen) atoms. The molecule has 1 saturated heterocycles. The molecule has 0 saturated carbocycles. The van der Waals surface area contributed by atoms with Crippen molar-refractivity contribution in [3.63, 3.8) is 0 Å². The zero-order valence-electron chi connectivity index (χ0n) is 28.2. The average molecular weight is 670 g/mol. The molecule has 252 valence electrons. The van der Waals surface area contributed by atoms with Crippen LogP contribution in [0.25, 0.3) is 11.3 Å². The number of amides is 1. The average Bonchev–Trinajstić information content (AvgIpc) is 3.49. The third kappa shape index (κ3) is 7.28. The number of nitrogens with zero attached hydrogens (tertiary/aromatic N) is 6. The Morgan fingerprint density at radius 1 is 1.02 bits per heavy atom. The van der Waals surface area contributed by atoms with Gasteiger partial charge in [-0.3, -0.25) is 9.78 Å². The van der Waals surface area contributed by atoms with Crippen molar-refractivity contribution in [2.75, 3.05) is 22.8 Å². The molecule has 2 aliphatic heterocycles. The van der Waals surface area contributed by atoms with Gasteiger partial charge in [0.2, 0.25) is 11.8 Å². The number of aromatic nitrogens is 4. The molecule has 1 fully saturated rings. The lowest BCUT2D eigenvalue weighted by atomic mass is 10.00. The number of carbonyl (C=O) groups is 1. The SMILES string of the molecule is Cc1cccc(C)c1-c1cc2nc(n1)NS(=O)(=O)c1cccc(c1)C(=O)N(Cc1cncc(N3CCC[C@H]3C)n1)[C@H](CCC(C)C)CO2. The minimum absolute atomic E-state index is 0.0698. The number of carbonyl (C=O) groups excluding carboxylic acids is 1. The molecule has 2 atom stereocenters. The molecular weight excluding hydrogens is 627 g/mol. The molecule has 4 bridgehead atoms. The summed E-state index contributed by atoms with van der Waals surface area (Å²) in [6.07, 6.45) is 7.14. The highest BCUT2D eigenvalue weighted by atomic mass is 32.2. The first kappa shape index (κ1) is 33.3. The minimum atomic E-state index is -4.16. The number of rotatable bonds is 7. The number of hydrogen-bond acceptors (Lipinski definition) is 9. The number of anilines is 2. The van der Waals surface area contributed by atoms with Crippen molar-refractivity contribution in [3.05, 3.63) is 83.3 Å². The monoisotopic (exact) mass is 669 g/mol. The number of benzene rings is 2. The van der Waals surface area contributed by atoms with Gasteiger partial charge in [-0.2, -0.15) is 4.98 Å². The van der Waals surface area contributed by atoms with Crippen molar-refractivity contribution in [2.45, 2.75) is 83.8 Å². The second-order valence-corrected chi connectivity index (χ2v) is 14.9. The summed E-state index contributed by atoms with van der Waals surface area (Å²) >= 11 is 0. The normalized spacial score (nSPS) is 19.2. The van der Waals surface area contributed by atoms with E-state index in [2.05, 4.69) is 45.3 Å². The Hall–Kier alpha value is -4.58. The Morgan fingerprint density at radius 3 is 2.52 bits per heavy atom. The van der Waals surface area contributed by atoms with Gasteiger partial charge in [0.1, 0.15) is 12.4 Å². The smallest absolute Gasteiger partial charge is 0.264 e. The summed E-state index contributed by atoms with van der Waals surface area (Å²) in [5, 5.41) is 0. The molecule has 0 aliphatic carbocycles. The van der Waals surface area contributed by atoms with Crippen molar-refractivity contribution in [1.82, 2.24) is 24.8 Å². The van der Waals surface area contributed by atoms with Gasteiger partial charge in [-0.05, 0) is 81.7 Å². The van der Waals surface area contributed by atoms with E-state index in [0.29, 0.717) is 29.8 Å². The molecule has 12 heteroatoms. The Balaban J connectivity index is 1.45. The van der Waals surface area contributed by atoms with Crippen molar-refractivity contribution < 1.29 is 17.9 Å². The lowest BCUT2D eigenvalue weighted by Crippen LogP contribution is -2.44. The molecule has 11 nitrogen and oxygen atoms in total. The largest absolute Gasteiger partial charge is 0.475 e. The van der Waals surface area contributed by atoms with Crippen LogP contribution in [0, 0.1) is 19.8 Å². The predicted molar refractivity (Wildman–Crippen MR) is 185 cm³/mol. The highest BCUT2D eigenvalue weighted by molar-refractivity contribution is 7.92. The molecular formula is C36H43N7O4S. The molecule has 4 aromatic rings. The van der Waals surface area contributed by atoms with Gasteiger partial charge >= 0.3 is 0 Å². The van der Waals surface area contributed by atoms with E-state index >= 15 is 0 Å². The summed E-state index contributed by atoms with van der Waals surface area (Å²) in [4.78, 5) is 36.9. The fraction of sp³-hybridized carbons (Fsp3) is 0.417. The van der Waals surface area contributed by atoms with E-state index in [-0.39, 0.29) is 47.4 Å². The second-order valence-electron chi connectivity index (χ2n) is 13.2. The summed E-state index contributed by atoms with van der Waals surface area (Å²) in [6.45, 7) is 11.7. The first-order valence-electron chi connectivity index (χ1n) is 16.6. The van der Waals surface area contributed by atoms with Crippen LogP contribution in [0.15, 0.2) is 65.8 Å². The summed E-state index contributed by atoms with van der Waals surface area (Å²) in [7, 11) is -4.16. The van der Waals surface area contributed by atoms with Crippen LogP contribution < -0.4 is 14.4 Å². The Kier molecular flexibility index (Phi) is 9.63. The molecule has 0 radical (unpaired) electrons. The van der Waals surface area contributed by atoms with Crippen LogP contribution in [0.1, 0.15) is 73.6 Å². The Bertz CT molecular complexity index is 1900. The molecule has 4 heterocycles. The van der Waals surface area contributed by atoms with Crippen LogP contribution in [0.4, 0.5) is 11.8 Å². The highest BCUT2D eigenvalue weighted by Gasteiger charge is 2.30. The molecule has 6 rings (SSSR count). The van der Waals surface area contributed by atoms with E-state index < -0.39 is 10.0 Å². The summed E-state index contributed by atoms with van der Waals surface area (Å²) in [5.74, 6) is 0.945. The van der Waals surface area contributed by atoms with E-state index in [9.17, 15) is 13.2 Å². The minimum Gasteiger partial charge on any atom is -0.475 e. The molecule has 2 aromatic heterocycles. The van der Waals surface area contributed by atoms with Gasteiger partial charge in [0.15, 0.2) is 0 Å². The lowest BCUT2D eigenvalue weighted by Gasteiger charge is -2.32. The maximum absolute atomic E-state index is 14.4. The van der Waals surface area contributed by atoms with E-state index in [1.807, 2.05) is 32.0 Å². The summed E-state index contributed by atoms with van der Waals surface area (Å²) in [5.41, 5.74) is 4.26. The van der Waals surface area contributed by atoms with Crippen LogP contribution >= 0.6 is 0 Å². The topological polar surface area (TPSA) is 131 Å². The van der Waals surface area contributed by atoms with Gasteiger partial charge in [-0.1, -0.05) is 38.1 Å². The number of ether oxygens (including phenoxy) is 1. The van der Waals surface area contributed by atoms with Crippen LogP contribution in [0.5, 0.6) is 5.88 Å². The fourth-order valence-corrected chi connectivity index (χ4v) is 7.48. The number of fused-ring (bicyclic) bond motifs is 4. The lowest BCUT2D eigenvalue weighted by molar-refractivity contribution is 0.0561. The van der Waals surface area contributed by atoms with Gasteiger partial charge in [-0.15, -0.1) is 0 Å². The van der Waals surface area contributed by atoms with Gasteiger partial charge in [0.05, 0.1) is 41.3 Å². The van der Waals surface area contributed by atoms with Crippen LogP contribution in [-0.2, 0) is 16.6 Å². The zero-order chi connectivity index (χ0) is 34.0. The van der Waals surface area contributed by atoms with Gasteiger partial charge in [-0.25, -0.2) is 23.1 Å². The first-order chi connectivity index (χ1) is 23.0. The standard InChI is InChI=1S/C36H43N7O4S/c1-23(2)14-15-29-22-47-33-18-31(34-24(3)9-6-10-25(34)4)39-36(40-33)41-48(45,46)30-13-7-12-27(17-30)35(44)43(29)21-28-19-37-20-32(38-28)42-16-8-11-26(42)5/h6-7,9-10,12-13,17-20,23,26,29H,8,11,14-16,21-22H2,1-5H3,(H,39,40,41)/t26-,29-/m1/s1. The molecule has 0 spiro atoms. The second kappa shape index (κ2) is 13.9. The molecule has 1 amide bonds. The number of aryl methyl sites for hydroxylation is 2. The third-order valence-corrected chi connectivity index (χ3v) is 10.4. The maximum atomic E-state index is 14.4. The Morgan fingerprint density at radius 2 is 1.79 bits per heavy atom. The predicted octanol–water partition coefficient (Wildman–Crippen LogP) is 6.18. The van der Waals surface area contributed by atoms with E-state index in [4.69, 9.17) is 9.72 Å². The van der Waals surface area contributed by atoms with Gasteiger partial charge < -0.3 is 14.5 Å². The third-order valence-electron chi connectivity index (χ3n) is 9.11. The van der Waals surface area contributed by atoms with E-state index in [0.717, 1.165) is 48.3 Å². The fourth-order valence-electron chi connectivity index (χ4n) is 6.49. The van der Waals surface area contributed by atoms with Gasteiger partial charge in [0, 0.05) is 29.8 Å². The molecule has 2 aliphatic rings. The summed E-state index contributed by atoms with van der Waals surface area (Å²) in [6, 6.07) is 13.7. The highest BCUT2D eigenvalue weighted by Crippen LogP contribution is 2.31. The maximum Gasteiger partial charge on any atom is 0.264 e. The Labute approximate surface area is 282 Å². The number of nitrogens with one attached hydrogen (secondary N) is 1. The number of hydrogen-bond donors (Lipinski definition) is 1. The molecule has 2 aromatic carbocycles. The van der Waals surface area contributed by atoms with Crippen LogP contribution in [-0.4, -0.2) is 64.4 Å².